The van der Waals surface area contributed by atoms with Gasteiger partial charge in [0.05, 0.1) is 22.3 Å². The fourth-order valence-electron chi connectivity index (χ4n) is 3.74. The maximum absolute atomic E-state index is 12.9. The Hall–Kier alpha value is -2.75. The van der Waals surface area contributed by atoms with Gasteiger partial charge in [-0.2, -0.15) is 0 Å². The van der Waals surface area contributed by atoms with Gasteiger partial charge in [-0.15, -0.1) is 0 Å². The predicted molar refractivity (Wildman–Crippen MR) is 113 cm³/mol. The van der Waals surface area contributed by atoms with Crippen LogP contribution in [0.3, 0.4) is 0 Å². The Bertz CT molecular complexity index is 1190. The normalized spacial score (nSPS) is 19.3. The van der Waals surface area contributed by atoms with Gasteiger partial charge in [0.15, 0.2) is 5.76 Å². The third kappa shape index (κ3) is 4.09. The van der Waals surface area contributed by atoms with Crippen molar-refractivity contribution in [3.8, 4) is 22.5 Å². The number of benzene rings is 1. The van der Waals surface area contributed by atoms with E-state index < -0.39 is 16.1 Å². The van der Waals surface area contributed by atoms with Crippen LogP contribution in [-0.2, 0) is 10.0 Å². The van der Waals surface area contributed by atoms with Crippen LogP contribution in [0.15, 0.2) is 45.9 Å². The highest BCUT2D eigenvalue weighted by atomic mass is 32.2. The van der Waals surface area contributed by atoms with E-state index >= 15 is 0 Å². The molecular weight excluding hydrogens is 404 g/mol. The zero-order valence-corrected chi connectivity index (χ0v) is 17.6. The largest absolute Gasteiger partial charge is 0.393 e. The second kappa shape index (κ2) is 7.82. The summed E-state index contributed by atoms with van der Waals surface area (Å²) in [6.45, 7) is 3.72. The van der Waals surface area contributed by atoms with E-state index in [9.17, 15) is 13.5 Å². The van der Waals surface area contributed by atoms with Gasteiger partial charge in [0.25, 0.3) is 0 Å². The Balaban J connectivity index is 1.70. The second-order valence-corrected chi connectivity index (χ2v) is 9.47. The number of anilines is 1. The van der Waals surface area contributed by atoms with Crippen molar-refractivity contribution in [3.05, 3.63) is 47.8 Å². The summed E-state index contributed by atoms with van der Waals surface area (Å²) in [7, 11) is -3.72. The molecular formula is C21H24N4O4S. The average molecular weight is 429 g/mol. The molecule has 2 heterocycles. The molecule has 8 nitrogen and oxygen atoms in total. The van der Waals surface area contributed by atoms with Crippen molar-refractivity contribution < 1.29 is 18.0 Å². The molecule has 1 saturated carbocycles. The number of nitrogen functional groups attached to an aromatic ring is 1. The van der Waals surface area contributed by atoms with Gasteiger partial charge < -0.3 is 15.4 Å². The number of hydrogen-bond acceptors (Lipinski definition) is 7. The van der Waals surface area contributed by atoms with Crippen molar-refractivity contribution >= 4 is 15.8 Å². The van der Waals surface area contributed by atoms with Crippen molar-refractivity contribution in [2.75, 3.05) is 5.73 Å². The lowest BCUT2D eigenvalue weighted by atomic mass is 10.00. The summed E-state index contributed by atoms with van der Waals surface area (Å²) < 4.78 is 33.8. The van der Waals surface area contributed by atoms with Crippen molar-refractivity contribution in [1.82, 2.24) is 14.9 Å². The van der Waals surface area contributed by atoms with Crippen LogP contribution in [0.1, 0.15) is 30.5 Å². The summed E-state index contributed by atoms with van der Waals surface area (Å²) in [5.41, 5.74) is 9.70. The van der Waals surface area contributed by atoms with Crippen molar-refractivity contribution in [3.63, 3.8) is 0 Å². The van der Waals surface area contributed by atoms with Crippen LogP contribution in [0.2, 0.25) is 0 Å². The molecule has 0 radical (unpaired) electrons. The van der Waals surface area contributed by atoms with Crippen LogP contribution in [0.4, 0.5) is 5.82 Å². The minimum Gasteiger partial charge on any atom is -0.393 e. The third-order valence-corrected chi connectivity index (χ3v) is 6.89. The van der Waals surface area contributed by atoms with Gasteiger partial charge in [-0.3, -0.25) is 0 Å². The van der Waals surface area contributed by atoms with Gasteiger partial charge in [0, 0.05) is 23.9 Å². The standard InChI is InChI=1S/C21H24N4O4S/c1-12-3-6-17(30(27,28)25-15-4-5-16(26)9-15)10-18(12)14-8-19(21(22)23-11-14)20-7-13(2)24-29-20/h3,6-8,10-11,15-16,25-26H,4-5,9H2,1-2H3,(H2,22,23)/t15-,16-/m0/s1. The summed E-state index contributed by atoms with van der Waals surface area (Å²) in [5, 5.41) is 13.6. The Morgan fingerprint density at radius 3 is 2.63 bits per heavy atom. The van der Waals surface area contributed by atoms with Gasteiger partial charge in [0.2, 0.25) is 10.0 Å². The lowest BCUT2D eigenvalue weighted by Gasteiger charge is -2.15. The monoisotopic (exact) mass is 428 g/mol. The smallest absolute Gasteiger partial charge is 0.240 e. The van der Waals surface area contributed by atoms with Crippen LogP contribution in [0.25, 0.3) is 22.5 Å². The minimum absolute atomic E-state index is 0.165. The van der Waals surface area contributed by atoms with Crippen molar-refractivity contribution in [2.45, 2.75) is 50.2 Å². The molecule has 1 fully saturated rings. The summed E-state index contributed by atoms with van der Waals surface area (Å²) in [6.07, 6.45) is 2.82. The fraction of sp³-hybridized carbons (Fsp3) is 0.333. The molecule has 158 valence electrons. The molecule has 0 unspecified atom stereocenters. The number of aliphatic hydroxyl groups is 1. The Morgan fingerprint density at radius 2 is 1.97 bits per heavy atom. The van der Waals surface area contributed by atoms with Crippen molar-refractivity contribution in [1.29, 1.82) is 0 Å². The molecule has 2 aromatic heterocycles. The van der Waals surface area contributed by atoms with E-state index in [0.717, 1.165) is 22.4 Å². The van der Waals surface area contributed by atoms with Gasteiger partial charge in [0.1, 0.15) is 5.82 Å². The fourth-order valence-corrected chi connectivity index (χ4v) is 5.05. The van der Waals surface area contributed by atoms with E-state index in [4.69, 9.17) is 10.3 Å². The maximum atomic E-state index is 12.9. The predicted octanol–water partition coefficient (Wildman–Crippen LogP) is 2.79. The van der Waals surface area contributed by atoms with Crippen LogP contribution in [0.5, 0.6) is 0 Å². The average Bonchev–Trinajstić information content (AvgIpc) is 3.30. The van der Waals surface area contributed by atoms with E-state index in [-0.39, 0.29) is 10.9 Å². The van der Waals surface area contributed by atoms with E-state index in [1.54, 1.807) is 30.5 Å². The third-order valence-electron chi connectivity index (χ3n) is 5.37. The number of hydrogen-bond donors (Lipinski definition) is 3. The van der Waals surface area contributed by atoms with Gasteiger partial charge in [-0.25, -0.2) is 18.1 Å². The molecule has 2 atom stereocenters. The zero-order chi connectivity index (χ0) is 21.5. The Kier molecular flexibility index (Phi) is 5.35. The Morgan fingerprint density at radius 1 is 1.17 bits per heavy atom. The number of nitrogens with zero attached hydrogens (tertiary/aromatic N) is 2. The number of nitrogens with one attached hydrogen (secondary N) is 1. The summed E-state index contributed by atoms with van der Waals surface area (Å²) in [4.78, 5) is 4.43. The molecule has 1 aliphatic rings. The molecule has 3 aromatic rings. The first kappa shape index (κ1) is 20.5. The molecule has 4 rings (SSSR count). The second-order valence-electron chi connectivity index (χ2n) is 7.75. The molecule has 0 spiro atoms. The first-order chi connectivity index (χ1) is 14.2. The van der Waals surface area contributed by atoms with Gasteiger partial charge >= 0.3 is 0 Å². The quantitative estimate of drug-likeness (QED) is 0.569. The summed E-state index contributed by atoms with van der Waals surface area (Å²) >= 11 is 0. The van der Waals surface area contributed by atoms with E-state index in [1.165, 1.54) is 0 Å². The van der Waals surface area contributed by atoms with Crippen LogP contribution >= 0.6 is 0 Å². The van der Waals surface area contributed by atoms with E-state index in [2.05, 4.69) is 14.9 Å². The number of aryl methyl sites for hydroxylation is 2. The number of sulfonamides is 1. The highest BCUT2D eigenvalue weighted by Crippen LogP contribution is 2.32. The Labute approximate surface area is 175 Å². The molecule has 1 aliphatic carbocycles. The van der Waals surface area contributed by atoms with Crippen LogP contribution < -0.4 is 10.5 Å². The minimum atomic E-state index is -3.72. The lowest BCUT2D eigenvalue weighted by molar-refractivity contribution is 0.181. The molecule has 0 bridgehead atoms. The number of pyridine rings is 1. The SMILES string of the molecule is Cc1cc(-c2cc(-c3cc(S(=O)(=O)N[C@H]4CC[C@H](O)C4)ccc3C)cnc2N)on1. The van der Waals surface area contributed by atoms with Crippen LogP contribution in [0, 0.1) is 13.8 Å². The highest BCUT2D eigenvalue weighted by Gasteiger charge is 2.28. The van der Waals surface area contributed by atoms with Crippen molar-refractivity contribution in [2.24, 2.45) is 0 Å². The molecule has 9 heteroatoms. The first-order valence-electron chi connectivity index (χ1n) is 9.73. The topological polar surface area (TPSA) is 131 Å². The van der Waals surface area contributed by atoms with Gasteiger partial charge in [-0.05, 0) is 62.4 Å². The molecule has 1 aromatic carbocycles. The summed E-state index contributed by atoms with van der Waals surface area (Å²) in [5.74, 6) is 0.806. The number of aliphatic hydroxyl groups excluding tert-OH is 1. The maximum Gasteiger partial charge on any atom is 0.240 e. The summed E-state index contributed by atoms with van der Waals surface area (Å²) in [6, 6.07) is 8.31. The van der Waals surface area contributed by atoms with E-state index in [0.29, 0.717) is 36.4 Å². The molecule has 0 aliphatic heterocycles. The molecule has 4 N–H and O–H groups in total. The molecule has 30 heavy (non-hydrogen) atoms. The van der Waals surface area contributed by atoms with Crippen LogP contribution in [-0.4, -0.2) is 35.8 Å². The van der Waals surface area contributed by atoms with E-state index in [1.807, 2.05) is 19.9 Å². The zero-order valence-electron chi connectivity index (χ0n) is 16.8. The lowest BCUT2D eigenvalue weighted by Crippen LogP contribution is -2.33. The number of rotatable bonds is 5. The molecule has 0 saturated heterocycles. The first-order valence-corrected chi connectivity index (χ1v) is 11.2. The van der Waals surface area contributed by atoms with Gasteiger partial charge in [-0.1, -0.05) is 11.2 Å². The number of aromatic nitrogens is 2. The number of nitrogens with two attached hydrogens (primary N) is 1. The highest BCUT2D eigenvalue weighted by molar-refractivity contribution is 7.89. The molecule has 0 amide bonds.